The summed E-state index contributed by atoms with van der Waals surface area (Å²) < 4.78 is 68.1. The quantitative estimate of drug-likeness (QED) is 0.477. The zero-order valence-electron chi connectivity index (χ0n) is 15.2. The number of furan rings is 1. The second kappa shape index (κ2) is 7.87. The number of primary sulfonamides is 1. The van der Waals surface area contributed by atoms with Crippen LogP contribution in [0.1, 0.15) is 11.3 Å². The summed E-state index contributed by atoms with van der Waals surface area (Å²) in [7, 11) is -9.14. The van der Waals surface area contributed by atoms with Crippen LogP contribution in [0.25, 0.3) is 0 Å². The molecule has 154 valence electrons. The van der Waals surface area contributed by atoms with Crippen molar-refractivity contribution in [3.8, 4) is 11.5 Å². The second-order valence-corrected chi connectivity index (χ2v) is 9.09. The molecule has 9 nitrogen and oxygen atoms in total. The maximum Gasteiger partial charge on any atom is 0.296 e. The largest absolute Gasteiger partial charge is 0.467 e. The smallest absolute Gasteiger partial charge is 0.296 e. The fourth-order valence-corrected chi connectivity index (χ4v) is 4.01. The van der Waals surface area contributed by atoms with Crippen LogP contribution >= 0.6 is 0 Å². The van der Waals surface area contributed by atoms with Gasteiger partial charge in [-0.3, -0.25) is 4.55 Å². The molecule has 0 aliphatic carbocycles. The summed E-state index contributed by atoms with van der Waals surface area (Å²) in [4.78, 5) is -1.25. The molecular weight excluding hydrogens is 420 g/mol. The van der Waals surface area contributed by atoms with Crippen molar-refractivity contribution in [2.45, 2.75) is 23.3 Å². The maximum absolute atomic E-state index is 12.0. The van der Waals surface area contributed by atoms with E-state index in [1.54, 1.807) is 30.3 Å². The molecule has 3 aromatic rings. The van der Waals surface area contributed by atoms with Crippen molar-refractivity contribution in [1.29, 1.82) is 0 Å². The molecule has 0 atom stereocenters. The van der Waals surface area contributed by atoms with Gasteiger partial charge < -0.3 is 14.5 Å². The van der Waals surface area contributed by atoms with Crippen molar-refractivity contribution >= 4 is 25.8 Å². The fourth-order valence-electron chi connectivity index (χ4n) is 2.60. The van der Waals surface area contributed by atoms with E-state index in [4.69, 9.17) is 14.3 Å². The standard InChI is InChI=1S/C18H18N2O7S2/c1-12-4-2-5-13(8-12)27-16-9-15(20-11-14-6-3-7-26-14)17(29(23,24)25)10-18(16)28(19,21)22/h2-10,20H,11H2,1H3,(H2,19,21,22)(H,23,24,25). The lowest BCUT2D eigenvalue weighted by molar-refractivity contribution is 0.464. The Morgan fingerprint density at radius 2 is 1.83 bits per heavy atom. The molecule has 4 N–H and O–H groups in total. The Morgan fingerprint density at radius 3 is 2.41 bits per heavy atom. The van der Waals surface area contributed by atoms with Gasteiger partial charge in [0.05, 0.1) is 18.5 Å². The molecule has 0 spiro atoms. The predicted octanol–water partition coefficient (Wildman–Crippen LogP) is 2.89. The lowest BCUT2D eigenvalue weighted by Gasteiger charge is -2.16. The number of aryl methyl sites for hydroxylation is 1. The molecule has 29 heavy (non-hydrogen) atoms. The molecule has 11 heteroatoms. The lowest BCUT2D eigenvalue weighted by Crippen LogP contribution is -2.16. The van der Waals surface area contributed by atoms with Crippen LogP contribution in [0.5, 0.6) is 11.5 Å². The number of benzene rings is 2. The minimum Gasteiger partial charge on any atom is -0.467 e. The van der Waals surface area contributed by atoms with Gasteiger partial charge in [-0.25, -0.2) is 13.6 Å². The van der Waals surface area contributed by atoms with Gasteiger partial charge in [0, 0.05) is 6.07 Å². The first kappa shape index (κ1) is 20.9. The highest BCUT2D eigenvalue weighted by atomic mass is 32.2. The van der Waals surface area contributed by atoms with Crippen LogP contribution in [0.15, 0.2) is 69.0 Å². The summed E-state index contributed by atoms with van der Waals surface area (Å²) in [5, 5.41) is 8.02. The number of anilines is 1. The van der Waals surface area contributed by atoms with Crippen molar-refractivity contribution < 1.29 is 30.5 Å². The van der Waals surface area contributed by atoms with Crippen LogP contribution in [-0.4, -0.2) is 21.4 Å². The molecule has 0 unspecified atom stereocenters. The Balaban J connectivity index is 2.12. The second-order valence-electron chi connectivity index (χ2n) is 6.17. The van der Waals surface area contributed by atoms with Gasteiger partial charge in [0.15, 0.2) is 0 Å². The molecule has 0 saturated heterocycles. The van der Waals surface area contributed by atoms with Crippen LogP contribution in [-0.2, 0) is 26.7 Å². The molecule has 0 aliphatic rings. The summed E-state index contributed by atoms with van der Waals surface area (Å²) in [5.74, 6) is 0.613. The van der Waals surface area contributed by atoms with Gasteiger partial charge in [0.2, 0.25) is 10.0 Å². The fraction of sp³-hybridized carbons (Fsp3) is 0.111. The van der Waals surface area contributed by atoms with Gasteiger partial charge in [0.1, 0.15) is 27.1 Å². The van der Waals surface area contributed by atoms with E-state index in [1.165, 1.54) is 6.26 Å². The monoisotopic (exact) mass is 438 g/mol. The van der Waals surface area contributed by atoms with Crippen LogP contribution in [0.2, 0.25) is 0 Å². The van der Waals surface area contributed by atoms with E-state index in [1.807, 2.05) is 13.0 Å². The number of nitrogens with two attached hydrogens (primary N) is 1. The van der Waals surface area contributed by atoms with Crippen molar-refractivity contribution in [1.82, 2.24) is 0 Å². The summed E-state index contributed by atoms with van der Waals surface area (Å²) in [5.41, 5.74) is 0.782. The van der Waals surface area contributed by atoms with Crippen molar-refractivity contribution in [2.24, 2.45) is 5.14 Å². The summed E-state index contributed by atoms with van der Waals surface area (Å²) in [6, 6.07) is 12.0. The first-order valence-corrected chi connectivity index (χ1v) is 11.2. The van der Waals surface area contributed by atoms with E-state index in [9.17, 15) is 21.4 Å². The van der Waals surface area contributed by atoms with E-state index in [-0.39, 0.29) is 18.0 Å². The first-order chi connectivity index (χ1) is 13.5. The van der Waals surface area contributed by atoms with Gasteiger partial charge in [0.25, 0.3) is 10.1 Å². The van der Waals surface area contributed by atoms with Gasteiger partial charge >= 0.3 is 0 Å². The van der Waals surface area contributed by atoms with Crippen LogP contribution in [0, 0.1) is 6.92 Å². The highest BCUT2D eigenvalue weighted by Crippen LogP contribution is 2.36. The summed E-state index contributed by atoms with van der Waals surface area (Å²) >= 11 is 0. The molecule has 1 heterocycles. The molecule has 2 aromatic carbocycles. The SMILES string of the molecule is Cc1cccc(Oc2cc(NCc3ccco3)c(S(=O)(=O)O)cc2S(N)(=O)=O)c1. The normalized spacial score (nSPS) is 12.0. The average molecular weight is 438 g/mol. The Bertz CT molecular complexity index is 1240. The highest BCUT2D eigenvalue weighted by molar-refractivity contribution is 7.89. The predicted molar refractivity (Wildman–Crippen MR) is 105 cm³/mol. The molecule has 0 saturated carbocycles. The zero-order valence-corrected chi connectivity index (χ0v) is 16.8. The van der Waals surface area contributed by atoms with Gasteiger partial charge in [-0.15, -0.1) is 0 Å². The Labute approximate surface area is 167 Å². The number of rotatable bonds is 7. The van der Waals surface area contributed by atoms with Gasteiger partial charge in [-0.1, -0.05) is 12.1 Å². The molecule has 0 aliphatic heterocycles. The van der Waals surface area contributed by atoms with Gasteiger partial charge in [-0.05, 0) is 42.8 Å². The molecule has 0 bridgehead atoms. The van der Waals surface area contributed by atoms with Crippen LogP contribution in [0.3, 0.4) is 0 Å². The van der Waals surface area contributed by atoms with Crippen molar-refractivity contribution in [2.75, 3.05) is 5.32 Å². The van der Waals surface area contributed by atoms with Gasteiger partial charge in [-0.2, -0.15) is 8.42 Å². The van der Waals surface area contributed by atoms with E-state index in [0.717, 1.165) is 17.7 Å². The Morgan fingerprint density at radius 1 is 1.07 bits per heavy atom. The van der Waals surface area contributed by atoms with E-state index in [2.05, 4.69) is 5.32 Å². The number of hydrogen-bond acceptors (Lipinski definition) is 7. The molecule has 3 rings (SSSR count). The van der Waals surface area contributed by atoms with Crippen LogP contribution < -0.4 is 15.2 Å². The van der Waals surface area contributed by atoms with E-state index < -0.39 is 29.9 Å². The first-order valence-electron chi connectivity index (χ1n) is 8.23. The van der Waals surface area contributed by atoms with Crippen molar-refractivity contribution in [3.63, 3.8) is 0 Å². The summed E-state index contributed by atoms with van der Waals surface area (Å²) in [6.45, 7) is 1.90. The van der Waals surface area contributed by atoms with Crippen LogP contribution in [0.4, 0.5) is 5.69 Å². The van der Waals surface area contributed by atoms with Crippen molar-refractivity contribution in [3.05, 3.63) is 66.1 Å². The number of sulfonamides is 1. The third kappa shape index (κ3) is 5.15. The minimum atomic E-state index is -4.77. The minimum absolute atomic E-state index is 0.0775. The van der Waals surface area contributed by atoms with E-state index in [0.29, 0.717) is 11.5 Å². The highest BCUT2D eigenvalue weighted by Gasteiger charge is 2.25. The molecule has 0 radical (unpaired) electrons. The number of nitrogens with one attached hydrogen (secondary N) is 1. The Kier molecular flexibility index (Phi) is 5.66. The number of hydrogen-bond donors (Lipinski definition) is 3. The summed E-state index contributed by atoms with van der Waals surface area (Å²) in [6.07, 6.45) is 1.44. The molecular formula is C18H18N2O7S2. The third-order valence-corrected chi connectivity index (χ3v) is 5.71. The lowest BCUT2D eigenvalue weighted by atomic mass is 10.2. The molecule has 0 fully saturated rings. The molecule has 0 amide bonds. The molecule has 1 aromatic heterocycles. The number of ether oxygens (including phenoxy) is 1. The van der Waals surface area contributed by atoms with E-state index >= 15 is 0 Å². The zero-order chi connectivity index (χ0) is 21.2. The average Bonchev–Trinajstić information content (AvgIpc) is 3.11. The Hall–Kier alpha value is -2.86. The third-order valence-electron chi connectivity index (χ3n) is 3.88. The topological polar surface area (TPSA) is 149 Å². The maximum atomic E-state index is 12.0.